The first kappa shape index (κ1) is 38.8. The molecule has 2 heterocycles. The van der Waals surface area contributed by atoms with Crippen LogP contribution in [0.5, 0.6) is 0 Å². The highest BCUT2D eigenvalue weighted by Gasteiger charge is 2.19. The monoisotopic (exact) mass is 826 g/mol. The van der Waals surface area contributed by atoms with E-state index in [-0.39, 0.29) is 5.56 Å². The van der Waals surface area contributed by atoms with Crippen LogP contribution >= 0.6 is 0 Å². The Morgan fingerprint density at radius 3 is 1.47 bits per heavy atom. The van der Waals surface area contributed by atoms with E-state index in [4.69, 9.17) is 4.98 Å². The van der Waals surface area contributed by atoms with Crippen molar-refractivity contribution in [2.75, 3.05) is 0 Å². The van der Waals surface area contributed by atoms with Crippen LogP contribution in [0.3, 0.4) is 0 Å². The van der Waals surface area contributed by atoms with Crippen molar-refractivity contribution in [3.05, 3.63) is 229 Å². The first-order chi connectivity index (χ1) is 31.4. The molecule has 0 aliphatic carbocycles. The van der Waals surface area contributed by atoms with E-state index >= 15 is 0 Å². The molecule has 4 heteroatoms. The normalized spacial score (nSPS) is 11.4. The van der Waals surface area contributed by atoms with Gasteiger partial charge in [-0.1, -0.05) is 152 Å². The van der Waals surface area contributed by atoms with E-state index in [0.717, 1.165) is 84.1 Å². The summed E-state index contributed by atoms with van der Waals surface area (Å²) in [5.74, 6) is -1.25. The van der Waals surface area contributed by atoms with Gasteiger partial charge < -0.3 is 0 Å². The fraction of sp³-hybridized carbons (Fsp3) is 0.0333. The zero-order valence-corrected chi connectivity index (χ0v) is 35.3. The Morgan fingerprint density at radius 1 is 0.312 bits per heavy atom. The molecule has 0 aliphatic heterocycles. The summed E-state index contributed by atoms with van der Waals surface area (Å²) in [4.78, 5) is 9.80. The maximum absolute atomic E-state index is 14.8. The van der Waals surface area contributed by atoms with Crippen molar-refractivity contribution >= 4 is 32.3 Å². The Bertz CT molecular complexity index is 3580. The van der Waals surface area contributed by atoms with Crippen LogP contribution in [0.1, 0.15) is 11.1 Å². The molecule has 0 bridgehead atoms. The Balaban J connectivity index is 1.06. The van der Waals surface area contributed by atoms with Gasteiger partial charge in [-0.3, -0.25) is 9.97 Å². The second kappa shape index (κ2) is 16.0. The van der Waals surface area contributed by atoms with Gasteiger partial charge in [0.15, 0.2) is 0 Å². The Labute approximate surface area is 370 Å². The molecule has 2 nitrogen and oxygen atoms in total. The van der Waals surface area contributed by atoms with Crippen molar-refractivity contribution in [2.45, 2.75) is 13.8 Å². The van der Waals surface area contributed by atoms with E-state index in [1.165, 1.54) is 44.5 Å². The predicted octanol–water partition coefficient (Wildman–Crippen LogP) is 16.5. The molecule has 0 unspecified atom stereocenters. The highest BCUT2D eigenvalue weighted by atomic mass is 19.1. The number of fused-ring (bicyclic) bond motifs is 6. The van der Waals surface area contributed by atoms with Gasteiger partial charge in [-0.25, -0.2) is 8.78 Å². The maximum atomic E-state index is 14.8. The third kappa shape index (κ3) is 6.90. The molecule has 0 aliphatic rings. The zero-order valence-electron chi connectivity index (χ0n) is 35.3. The summed E-state index contributed by atoms with van der Waals surface area (Å²) in [6.07, 6.45) is 3.84. The van der Waals surface area contributed by atoms with Crippen molar-refractivity contribution in [3.63, 3.8) is 0 Å². The quantitative estimate of drug-likeness (QED) is 0.150. The number of aryl methyl sites for hydroxylation is 2. The number of benzene rings is 9. The third-order valence-corrected chi connectivity index (χ3v) is 12.5. The largest absolute Gasteiger partial charge is 0.256 e. The second-order valence-electron chi connectivity index (χ2n) is 16.5. The van der Waals surface area contributed by atoms with E-state index in [0.29, 0.717) is 5.69 Å². The van der Waals surface area contributed by atoms with E-state index in [1.54, 1.807) is 6.20 Å². The van der Waals surface area contributed by atoms with Crippen molar-refractivity contribution in [3.8, 4) is 78.1 Å². The second-order valence-corrected chi connectivity index (χ2v) is 16.5. The van der Waals surface area contributed by atoms with Gasteiger partial charge in [-0.15, -0.1) is 0 Å². The molecule has 0 spiro atoms. The number of halogens is 2. The molecule has 304 valence electrons. The molecule has 0 saturated heterocycles. The van der Waals surface area contributed by atoms with E-state index in [9.17, 15) is 8.78 Å². The lowest BCUT2D eigenvalue weighted by Crippen LogP contribution is -1.95. The summed E-state index contributed by atoms with van der Waals surface area (Å²) in [5.41, 5.74) is 15.4. The molecule has 0 fully saturated rings. The summed E-state index contributed by atoms with van der Waals surface area (Å²) in [6.45, 7) is 4.15. The first-order valence-corrected chi connectivity index (χ1v) is 21.5. The molecule has 2 aromatic heterocycles. The maximum Gasteiger partial charge on any atom is 0.135 e. The van der Waals surface area contributed by atoms with Crippen molar-refractivity contribution in [1.29, 1.82) is 0 Å². The van der Waals surface area contributed by atoms with Crippen molar-refractivity contribution in [1.82, 2.24) is 9.97 Å². The van der Waals surface area contributed by atoms with Crippen molar-refractivity contribution < 1.29 is 8.78 Å². The molecule has 64 heavy (non-hydrogen) atoms. The first-order valence-electron chi connectivity index (χ1n) is 21.5. The SMILES string of the molecule is Cc1cc(-c2ccccc2-c2cnc(-c3ccc(F)cc3F)cc2C)cc(-c2ccccc2-c2cnc(-c3ccccc3)cc2-c2ccc3c4ccccc4c4ccccc4c3c2)c1. The van der Waals surface area contributed by atoms with Gasteiger partial charge in [0.2, 0.25) is 0 Å². The minimum absolute atomic E-state index is 0.266. The van der Waals surface area contributed by atoms with Gasteiger partial charge in [0.05, 0.1) is 11.4 Å². The number of hydrogen-bond donors (Lipinski definition) is 0. The smallest absolute Gasteiger partial charge is 0.135 e. The fourth-order valence-corrected chi connectivity index (χ4v) is 9.47. The Hall–Kier alpha value is -8.08. The van der Waals surface area contributed by atoms with Crippen LogP contribution < -0.4 is 0 Å². The summed E-state index contributed by atoms with van der Waals surface area (Å²) in [6, 6.07) is 66.1. The molecule has 0 atom stereocenters. The van der Waals surface area contributed by atoms with Gasteiger partial charge in [0.1, 0.15) is 11.6 Å². The van der Waals surface area contributed by atoms with E-state index < -0.39 is 11.6 Å². The lowest BCUT2D eigenvalue weighted by Gasteiger charge is -2.18. The molecule has 0 saturated carbocycles. The lowest BCUT2D eigenvalue weighted by atomic mass is 9.86. The highest BCUT2D eigenvalue weighted by Crippen LogP contribution is 2.44. The summed E-state index contributed by atoms with van der Waals surface area (Å²) in [7, 11) is 0. The van der Waals surface area contributed by atoms with Gasteiger partial charge >= 0.3 is 0 Å². The summed E-state index contributed by atoms with van der Waals surface area (Å²) >= 11 is 0. The van der Waals surface area contributed by atoms with Crippen molar-refractivity contribution in [2.24, 2.45) is 0 Å². The Kier molecular flexibility index (Phi) is 9.70. The molecule has 0 radical (unpaired) electrons. The fourth-order valence-electron chi connectivity index (χ4n) is 9.47. The zero-order chi connectivity index (χ0) is 43.3. The average molecular weight is 827 g/mol. The van der Waals surface area contributed by atoms with E-state index in [1.807, 2.05) is 31.3 Å². The Morgan fingerprint density at radius 2 is 0.844 bits per heavy atom. The number of nitrogens with zero attached hydrogens (tertiary/aromatic N) is 2. The molecule has 9 aromatic carbocycles. The van der Waals surface area contributed by atoms with Crippen LogP contribution in [0, 0.1) is 25.5 Å². The van der Waals surface area contributed by atoms with Gasteiger partial charge in [-0.2, -0.15) is 0 Å². The molecule has 11 aromatic rings. The highest BCUT2D eigenvalue weighted by molar-refractivity contribution is 6.25. The molecular weight excluding hydrogens is 787 g/mol. The molecule has 0 N–H and O–H groups in total. The van der Waals surface area contributed by atoms with Crippen LogP contribution in [0.15, 0.2) is 207 Å². The minimum atomic E-state index is -0.637. The number of aromatic nitrogens is 2. The standard InChI is InChI=1S/C60H40F2N2/c1-37-28-41(44-16-6-8-18-46(44)56-35-64-60(30-38(56)2)53-27-25-43(61)33-58(53)62)31-42(29-37)45-17-7-9-19-47(45)57-36-63-59(39-14-4-3-5-15-39)34-54(57)40-24-26-52-50-22-11-10-20-48(50)49-21-12-13-23-51(49)55(52)32-40/h3-36H,1-2H3. The molecular formula is C60H40F2N2. The van der Waals surface area contributed by atoms with E-state index in [2.05, 4.69) is 170 Å². The number of rotatable bonds is 7. The van der Waals surface area contributed by atoms with Crippen LogP contribution in [0.2, 0.25) is 0 Å². The lowest BCUT2D eigenvalue weighted by molar-refractivity contribution is 0.585. The van der Waals surface area contributed by atoms with Crippen LogP contribution in [-0.4, -0.2) is 9.97 Å². The van der Waals surface area contributed by atoms with Crippen LogP contribution in [0.4, 0.5) is 8.78 Å². The van der Waals surface area contributed by atoms with Gasteiger partial charge in [-0.05, 0) is 138 Å². The summed E-state index contributed by atoms with van der Waals surface area (Å²) < 4.78 is 28.5. The minimum Gasteiger partial charge on any atom is -0.256 e. The van der Waals surface area contributed by atoms with Crippen LogP contribution in [-0.2, 0) is 0 Å². The van der Waals surface area contributed by atoms with Crippen LogP contribution in [0.25, 0.3) is 110 Å². The van der Waals surface area contributed by atoms with Gasteiger partial charge in [0.25, 0.3) is 0 Å². The van der Waals surface area contributed by atoms with Gasteiger partial charge in [0, 0.05) is 40.7 Å². The molecule has 0 amide bonds. The predicted molar refractivity (Wildman–Crippen MR) is 262 cm³/mol. The number of hydrogen-bond acceptors (Lipinski definition) is 2. The topological polar surface area (TPSA) is 25.8 Å². The summed E-state index contributed by atoms with van der Waals surface area (Å²) in [5, 5.41) is 7.42. The average Bonchev–Trinajstić information content (AvgIpc) is 3.34. The third-order valence-electron chi connectivity index (χ3n) is 12.5. The number of pyridine rings is 2. The molecule has 11 rings (SSSR count).